The summed E-state index contributed by atoms with van der Waals surface area (Å²) in [6.07, 6.45) is 0.344. The lowest BCUT2D eigenvalue weighted by molar-refractivity contribution is 0.276. The van der Waals surface area contributed by atoms with Crippen molar-refractivity contribution < 1.29 is 13.5 Å². The maximum atomic E-state index is 11.7. The van der Waals surface area contributed by atoms with Crippen molar-refractivity contribution >= 4 is 16.0 Å². The molecule has 0 aromatic carbocycles. The highest BCUT2D eigenvalue weighted by molar-refractivity contribution is 7.90. The molecule has 0 bridgehead atoms. The third-order valence-corrected chi connectivity index (χ3v) is 3.42. The Bertz CT molecular complexity index is 492. The summed E-state index contributed by atoms with van der Waals surface area (Å²) < 4.78 is 26.6. The van der Waals surface area contributed by atoms with Crippen LogP contribution in [0.3, 0.4) is 0 Å². The van der Waals surface area contributed by atoms with Gasteiger partial charge in [-0.1, -0.05) is 0 Å². The lowest BCUT2D eigenvalue weighted by Crippen LogP contribution is -2.34. The molecule has 0 saturated heterocycles. The van der Waals surface area contributed by atoms with Crippen LogP contribution in [-0.4, -0.2) is 48.2 Å². The molecule has 1 aromatic heterocycles. The van der Waals surface area contributed by atoms with Gasteiger partial charge in [0.25, 0.3) is 5.56 Å². The topological polar surface area (TPSA) is 115 Å². The molecule has 0 spiro atoms. The molecule has 1 aromatic rings. The highest BCUT2D eigenvalue weighted by Crippen LogP contribution is 2.04. The fraction of sp³-hybridized carbons (Fsp3) is 0.500. The van der Waals surface area contributed by atoms with Crippen molar-refractivity contribution in [3.8, 4) is 0 Å². The van der Waals surface area contributed by atoms with E-state index >= 15 is 0 Å². The average Bonchev–Trinajstić information content (AvgIpc) is 2.28. The monoisotopic (exact) mass is 262 g/mol. The summed E-state index contributed by atoms with van der Waals surface area (Å²) in [5.74, 6) is 0.0282. The zero-order valence-electron chi connectivity index (χ0n) is 9.25. The van der Waals surface area contributed by atoms with E-state index < -0.39 is 15.8 Å². The Morgan fingerprint density at radius 2 is 2.24 bits per heavy atom. The Morgan fingerprint density at radius 3 is 2.76 bits per heavy atom. The third-order valence-electron chi connectivity index (χ3n) is 1.95. The fourth-order valence-corrected chi connectivity index (χ4v) is 1.93. The van der Waals surface area contributed by atoms with E-state index in [9.17, 15) is 13.2 Å². The van der Waals surface area contributed by atoms with Crippen LogP contribution >= 0.6 is 0 Å². The van der Waals surface area contributed by atoms with E-state index in [4.69, 9.17) is 5.11 Å². The van der Waals surface area contributed by atoms with Gasteiger partial charge < -0.3 is 5.11 Å². The Labute approximate surface area is 98.5 Å². The number of aromatic amines is 1. The molecule has 8 nitrogen and oxygen atoms in total. The van der Waals surface area contributed by atoms with Crippen LogP contribution in [0.4, 0.5) is 5.82 Å². The molecule has 0 radical (unpaired) electrons. The predicted molar refractivity (Wildman–Crippen MR) is 61.7 cm³/mol. The van der Waals surface area contributed by atoms with Crippen LogP contribution in [0.2, 0.25) is 0 Å². The molecule has 17 heavy (non-hydrogen) atoms. The van der Waals surface area contributed by atoms with Crippen LogP contribution in [0.1, 0.15) is 6.42 Å². The summed E-state index contributed by atoms with van der Waals surface area (Å²) in [4.78, 5) is 10.7. The predicted octanol–water partition coefficient (Wildman–Crippen LogP) is -1.26. The van der Waals surface area contributed by atoms with Gasteiger partial charge in [-0.2, -0.15) is 17.8 Å². The van der Waals surface area contributed by atoms with E-state index in [0.717, 1.165) is 4.31 Å². The Kier molecular flexibility index (Phi) is 4.61. The minimum atomic E-state index is -3.71. The molecule has 0 amide bonds. The Morgan fingerprint density at radius 1 is 1.53 bits per heavy atom. The lowest BCUT2D eigenvalue weighted by Gasteiger charge is -2.16. The number of nitrogens with zero attached hydrogens (tertiary/aromatic N) is 2. The summed E-state index contributed by atoms with van der Waals surface area (Å²) in [6.45, 7) is 0.103. The van der Waals surface area contributed by atoms with Crippen LogP contribution in [0, 0.1) is 0 Å². The molecule has 0 aliphatic rings. The van der Waals surface area contributed by atoms with Crippen LogP contribution in [0.15, 0.2) is 16.9 Å². The van der Waals surface area contributed by atoms with Gasteiger partial charge in [0.15, 0.2) is 5.82 Å². The number of rotatable bonds is 6. The van der Waals surface area contributed by atoms with Crippen molar-refractivity contribution in [2.75, 3.05) is 24.9 Å². The van der Waals surface area contributed by atoms with Crippen molar-refractivity contribution in [2.24, 2.45) is 0 Å². The second kappa shape index (κ2) is 5.75. The summed E-state index contributed by atoms with van der Waals surface area (Å²) in [7, 11) is -2.33. The molecule has 0 atom stereocenters. The van der Waals surface area contributed by atoms with E-state index in [1.165, 1.54) is 19.2 Å². The van der Waals surface area contributed by atoms with Crippen molar-refractivity contribution in [3.05, 3.63) is 22.5 Å². The van der Waals surface area contributed by atoms with Gasteiger partial charge in [0.1, 0.15) is 0 Å². The van der Waals surface area contributed by atoms with Gasteiger partial charge in [0.05, 0.1) is 0 Å². The SMILES string of the molecule is CN(CCCO)S(=O)(=O)Nc1ccc(=O)[nH]n1. The van der Waals surface area contributed by atoms with E-state index in [1.54, 1.807) is 0 Å². The molecule has 0 unspecified atom stereocenters. The molecular formula is C8H14N4O4S. The molecule has 0 aliphatic heterocycles. The zero-order chi connectivity index (χ0) is 12.9. The summed E-state index contributed by atoms with van der Waals surface area (Å²) >= 11 is 0. The van der Waals surface area contributed by atoms with E-state index in [-0.39, 0.29) is 19.0 Å². The van der Waals surface area contributed by atoms with Gasteiger partial charge in [-0.3, -0.25) is 9.52 Å². The fourth-order valence-electron chi connectivity index (χ4n) is 1.02. The highest BCUT2D eigenvalue weighted by atomic mass is 32.2. The summed E-state index contributed by atoms with van der Waals surface area (Å²) in [6, 6.07) is 2.43. The van der Waals surface area contributed by atoms with E-state index in [0.29, 0.717) is 6.42 Å². The number of aliphatic hydroxyl groups is 1. The van der Waals surface area contributed by atoms with Crippen LogP contribution in [0.5, 0.6) is 0 Å². The minimum Gasteiger partial charge on any atom is -0.396 e. The smallest absolute Gasteiger partial charge is 0.302 e. The largest absolute Gasteiger partial charge is 0.396 e. The van der Waals surface area contributed by atoms with Crippen molar-refractivity contribution in [1.29, 1.82) is 0 Å². The quantitative estimate of drug-likeness (QED) is 0.592. The standard InChI is InChI=1S/C8H14N4O4S/c1-12(5-2-6-13)17(15,16)11-7-3-4-8(14)10-9-7/h3-4,13H,2,5-6H2,1H3,(H,9,11)(H,10,14). The molecule has 3 N–H and O–H groups in total. The average molecular weight is 262 g/mol. The molecular weight excluding hydrogens is 248 g/mol. The first kappa shape index (κ1) is 13.6. The molecule has 96 valence electrons. The van der Waals surface area contributed by atoms with Gasteiger partial charge in [-0.25, -0.2) is 5.10 Å². The van der Waals surface area contributed by atoms with Gasteiger partial charge >= 0.3 is 10.2 Å². The Hall–Kier alpha value is -1.45. The van der Waals surface area contributed by atoms with Crippen LogP contribution in [0.25, 0.3) is 0 Å². The number of nitrogens with one attached hydrogen (secondary N) is 2. The normalized spacial score (nSPS) is 11.7. The number of anilines is 1. The van der Waals surface area contributed by atoms with Crippen LogP contribution < -0.4 is 10.3 Å². The van der Waals surface area contributed by atoms with Crippen molar-refractivity contribution in [3.63, 3.8) is 0 Å². The highest BCUT2D eigenvalue weighted by Gasteiger charge is 2.17. The lowest BCUT2D eigenvalue weighted by atomic mass is 10.5. The second-order valence-corrected chi connectivity index (χ2v) is 5.09. The zero-order valence-corrected chi connectivity index (χ0v) is 10.1. The van der Waals surface area contributed by atoms with E-state index in [1.807, 2.05) is 0 Å². The van der Waals surface area contributed by atoms with Crippen LogP contribution in [-0.2, 0) is 10.2 Å². The second-order valence-electron chi connectivity index (χ2n) is 3.31. The summed E-state index contributed by atoms with van der Waals surface area (Å²) in [5.41, 5.74) is -0.415. The number of aliphatic hydroxyl groups excluding tert-OH is 1. The molecule has 9 heteroatoms. The van der Waals surface area contributed by atoms with Gasteiger partial charge in [0, 0.05) is 26.3 Å². The van der Waals surface area contributed by atoms with Crippen molar-refractivity contribution in [2.45, 2.75) is 6.42 Å². The van der Waals surface area contributed by atoms with Gasteiger partial charge in [-0.05, 0) is 12.5 Å². The molecule has 1 heterocycles. The Balaban J connectivity index is 2.72. The third kappa shape index (κ3) is 4.13. The number of aromatic nitrogens is 2. The van der Waals surface area contributed by atoms with Gasteiger partial charge in [0.2, 0.25) is 0 Å². The first-order valence-electron chi connectivity index (χ1n) is 4.86. The number of H-pyrrole nitrogens is 1. The number of hydrogen-bond donors (Lipinski definition) is 3. The first-order chi connectivity index (χ1) is 7.95. The van der Waals surface area contributed by atoms with E-state index in [2.05, 4.69) is 14.9 Å². The molecule has 0 fully saturated rings. The maximum absolute atomic E-state index is 11.7. The molecule has 0 aliphatic carbocycles. The molecule has 1 rings (SSSR count). The number of hydrogen-bond acceptors (Lipinski definition) is 5. The maximum Gasteiger partial charge on any atom is 0.302 e. The van der Waals surface area contributed by atoms with Crippen molar-refractivity contribution in [1.82, 2.24) is 14.5 Å². The first-order valence-corrected chi connectivity index (χ1v) is 6.30. The van der Waals surface area contributed by atoms with Gasteiger partial charge in [-0.15, -0.1) is 0 Å². The molecule has 0 saturated carbocycles. The minimum absolute atomic E-state index is 0.0282. The summed E-state index contributed by atoms with van der Waals surface area (Å²) in [5, 5.41) is 14.2.